The summed E-state index contributed by atoms with van der Waals surface area (Å²) in [7, 11) is -1.84. The van der Waals surface area contributed by atoms with E-state index in [0.717, 1.165) is 11.8 Å². The number of nitrogens with zero attached hydrogens (tertiary/aromatic N) is 1. The number of ether oxygens (including phenoxy) is 1. The number of aryl methyl sites for hydroxylation is 2. The third-order valence-corrected chi connectivity index (χ3v) is 5.98. The molecule has 28 heavy (non-hydrogen) atoms. The first-order valence-corrected chi connectivity index (χ1v) is 10.9. The monoisotopic (exact) mass is 404 g/mol. The van der Waals surface area contributed by atoms with Crippen LogP contribution in [-0.4, -0.2) is 33.7 Å². The molecule has 0 unspecified atom stereocenters. The summed E-state index contributed by atoms with van der Waals surface area (Å²) in [6, 6.07) is 12.6. The van der Waals surface area contributed by atoms with E-state index in [1.807, 2.05) is 26.0 Å². The van der Waals surface area contributed by atoms with Gasteiger partial charge in [0.1, 0.15) is 5.75 Å². The lowest BCUT2D eigenvalue weighted by molar-refractivity contribution is -0.127. The quantitative estimate of drug-likeness (QED) is 0.768. The van der Waals surface area contributed by atoms with Crippen molar-refractivity contribution in [2.24, 2.45) is 0 Å². The molecule has 0 aliphatic heterocycles. The van der Waals surface area contributed by atoms with Crippen LogP contribution in [0.2, 0.25) is 0 Å². The maximum absolute atomic E-state index is 12.5. The number of sulfonamides is 1. The van der Waals surface area contributed by atoms with Crippen LogP contribution in [0.15, 0.2) is 42.5 Å². The Morgan fingerprint density at radius 3 is 2.18 bits per heavy atom. The van der Waals surface area contributed by atoms with Crippen LogP contribution in [0, 0.1) is 13.8 Å². The first kappa shape index (κ1) is 21.8. The highest BCUT2D eigenvalue weighted by atomic mass is 32.2. The molecule has 1 N–H and O–H groups in total. The summed E-state index contributed by atoms with van der Waals surface area (Å²) >= 11 is 0. The number of anilines is 1. The summed E-state index contributed by atoms with van der Waals surface area (Å²) in [5.41, 5.74) is 3.96. The number of hydrogen-bond donors (Lipinski definition) is 1. The third kappa shape index (κ3) is 5.48. The van der Waals surface area contributed by atoms with Crippen LogP contribution < -0.4 is 14.4 Å². The summed E-state index contributed by atoms with van der Waals surface area (Å²) in [6.45, 7) is 7.71. The molecule has 0 radical (unpaired) electrons. The summed E-state index contributed by atoms with van der Waals surface area (Å²) in [4.78, 5) is 12.5. The van der Waals surface area contributed by atoms with Crippen LogP contribution >= 0.6 is 0 Å². The fraction of sp³-hybridized carbons (Fsp3) is 0.381. The molecule has 1 amide bonds. The summed E-state index contributed by atoms with van der Waals surface area (Å²) in [6.07, 6.45) is 0.452. The van der Waals surface area contributed by atoms with Crippen LogP contribution in [-0.2, 0) is 14.8 Å². The number of benzene rings is 2. The number of carbonyl (C=O) groups excluding carboxylic acids is 1. The van der Waals surface area contributed by atoms with Gasteiger partial charge in [-0.15, -0.1) is 0 Å². The van der Waals surface area contributed by atoms with Crippen molar-refractivity contribution in [1.82, 2.24) is 5.32 Å². The van der Waals surface area contributed by atoms with Gasteiger partial charge in [0.15, 0.2) is 6.10 Å². The summed E-state index contributed by atoms with van der Waals surface area (Å²) in [5, 5.41) is 2.96. The van der Waals surface area contributed by atoms with Crippen LogP contribution in [0.4, 0.5) is 5.69 Å². The second-order valence-electron chi connectivity index (χ2n) is 7.06. The van der Waals surface area contributed by atoms with Gasteiger partial charge in [0.05, 0.1) is 18.0 Å². The van der Waals surface area contributed by atoms with Crippen LogP contribution in [0.1, 0.15) is 36.6 Å². The molecule has 0 heterocycles. The van der Waals surface area contributed by atoms with Gasteiger partial charge in [-0.05, 0) is 68.7 Å². The van der Waals surface area contributed by atoms with E-state index in [-0.39, 0.29) is 11.9 Å². The van der Waals surface area contributed by atoms with Crippen LogP contribution in [0.5, 0.6) is 5.75 Å². The predicted molar refractivity (Wildman–Crippen MR) is 112 cm³/mol. The number of carbonyl (C=O) groups is 1. The van der Waals surface area contributed by atoms with Crippen molar-refractivity contribution in [3.63, 3.8) is 0 Å². The highest BCUT2D eigenvalue weighted by Crippen LogP contribution is 2.21. The average Bonchev–Trinajstić information content (AvgIpc) is 2.63. The fourth-order valence-electron chi connectivity index (χ4n) is 2.63. The molecule has 2 aromatic rings. The molecule has 0 saturated carbocycles. The molecule has 2 aromatic carbocycles. The van der Waals surface area contributed by atoms with Gasteiger partial charge >= 0.3 is 0 Å². The molecular formula is C21H28N2O4S. The van der Waals surface area contributed by atoms with E-state index in [1.165, 1.54) is 22.5 Å². The van der Waals surface area contributed by atoms with Crippen LogP contribution in [0.3, 0.4) is 0 Å². The van der Waals surface area contributed by atoms with E-state index >= 15 is 0 Å². The molecule has 7 heteroatoms. The lowest BCUT2D eigenvalue weighted by Gasteiger charge is -2.20. The van der Waals surface area contributed by atoms with Gasteiger partial charge in [-0.2, -0.15) is 0 Å². The lowest BCUT2D eigenvalue weighted by Crippen LogP contribution is -2.37. The second-order valence-corrected chi connectivity index (χ2v) is 9.07. The average molecular weight is 405 g/mol. The van der Waals surface area contributed by atoms with E-state index in [4.69, 9.17) is 4.74 Å². The van der Waals surface area contributed by atoms with Crippen molar-refractivity contribution < 1.29 is 17.9 Å². The Bertz CT molecular complexity index is 939. The van der Waals surface area contributed by atoms with Gasteiger partial charge < -0.3 is 10.1 Å². The number of rotatable bonds is 7. The van der Waals surface area contributed by atoms with Gasteiger partial charge in [-0.3, -0.25) is 9.10 Å². The molecule has 0 bridgehead atoms. The number of hydrogen-bond acceptors (Lipinski definition) is 4. The van der Waals surface area contributed by atoms with Crippen molar-refractivity contribution >= 4 is 21.6 Å². The molecule has 0 spiro atoms. The Labute approximate surface area is 167 Å². The minimum absolute atomic E-state index is 0.136. The highest BCUT2D eigenvalue weighted by Gasteiger charge is 2.18. The van der Waals surface area contributed by atoms with E-state index in [0.29, 0.717) is 11.4 Å². The highest BCUT2D eigenvalue weighted by molar-refractivity contribution is 7.92. The molecule has 0 aliphatic carbocycles. The normalized spacial score (nSPS) is 13.5. The Morgan fingerprint density at radius 1 is 1.04 bits per heavy atom. The molecule has 0 aliphatic rings. The zero-order chi connectivity index (χ0) is 21.1. The Morgan fingerprint density at radius 2 is 1.64 bits per heavy atom. The first-order chi connectivity index (χ1) is 13.0. The van der Waals surface area contributed by atoms with Crippen molar-refractivity contribution in [1.29, 1.82) is 0 Å². The summed E-state index contributed by atoms with van der Waals surface area (Å²) in [5.74, 6) is 0.273. The van der Waals surface area contributed by atoms with Crippen molar-refractivity contribution in [3.05, 3.63) is 59.2 Å². The second kappa shape index (κ2) is 8.65. The smallest absolute Gasteiger partial charge is 0.261 e. The minimum Gasteiger partial charge on any atom is -0.481 e. The lowest BCUT2D eigenvalue weighted by atomic mass is 10.0. The number of nitrogens with one attached hydrogen (secondary N) is 1. The van der Waals surface area contributed by atoms with Crippen molar-refractivity contribution in [3.8, 4) is 5.75 Å². The Kier molecular flexibility index (Phi) is 6.72. The first-order valence-electron chi connectivity index (χ1n) is 9.07. The SMILES string of the molecule is Cc1ccc([C@H](C)NC(=O)[C@H](C)Oc2ccc(N(C)S(C)(=O)=O)cc2)cc1C. The maximum Gasteiger partial charge on any atom is 0.261 e. The molecule has 0 saturated heterocycles. The molecule has 2 rings (SSSR count). The minimum atomic E-state index is -3.32. The van der Waals surface area contributed by atoms with Gasteiger partial charge in [0, 0.05) is 7.05 Å². The Hall–Kier alpha value is -2.54. The van der Waals surface area contributed by atoms with Gasteiger partial charge in [-0.25, -0.2) is 8.42 Å². The summed E-state index contributed by atoms with van der Waals surface area (Å²) < 4.78 is 30.0. The zero-order valence-electron chi connectivity index (χ0n) is 17.2. The standard InChI is InChI=1S/C21H28N2O4S/c1-14-7-8-18(13-15(14)2)16(3)22-21(24)17(4)27-20-11-9-19(10-12-20)23(5)28(6,25)26/h7-13,16-17H,1-6H3,(H,22,24)/t16-,17-/m0/s1. The molecule has 152 valence electrons. The zero-order valence-corrected chi connectivity index (χ0v) is 18.0. The third-order valence-electron chi connectivity index (χ3n) is 4.77. The van der Waals surface area contributed by atoms with E-state index < -0.39 is 16.1 Å². The van der Waals surface area contributed by atoms with E-state index in [1.54, 1.807) is 31.2 Å². The molecular weight excluding hydrogens is 376 g/mol. The van der Waals surface area contributed by atoms with Gasteiger partial charge in [0.2, 0.25) is 10.0 Å². The Balaban J connectivity index is 1.99. The largest absolute Gasteiger partial charge is 0.481 e. The molecule has 0 aromatic heterocycles. The molecule has 2 atom stereocenters. The topological polar surface area (TPSA) is 75.7 Å². The van der Waals surface area contributed by atoms with Gasteiger partial charge in [0.25, 0.3) is 5.91 Å². The van der Waals surface area contributed by atoms with E-state index in [9.17, 15) is 13.2 Å². The van der Waals surface area contributed by atoms with Gasteiger partial charge in [-0.1, -0.05) is 18.2 Å². The van der Waals surface area contributed by atoms with E-state index in [2.05, 4.69) is 18.3 Å². The van der Waals surface area contributed by atoms with Crippen molar-refractivity contribution in [2.45, 2.75) is 39.8 Å². The predicted octanol–water partition coefficient (Wildman–Crippen LogP) is 3.34. The van der Waals surface area contributed by atoms with Crippen LogP contribution in [0.25, 0.3) is 0 Å². The fourth-order valence-corrected chi connectivity index (χ4v) is 3.14. The molecule has 0 fully saturated rings. The van der Waals surface area contributed by atoms with Crippen molar-refractivity contribution in [2.75, 3.05) is 17.6 Å². The maximum atomic E-state index is 12.5. The molecule has 6 nitrogen and oxygen atoms in total. The number of amides is 1.